The zero-order valence-electron chi connectivity index (χ0n) is 10.1. The Hall–Kier alpha value is -1.37. The first-order valence-corrected chi connectivity index (χ1v) is 6.52. The normalized spacial score (nSPS) is 16.3. The van der Waals surface area contributed by atoms with Crippen molar-refractivity contribution in [2.24, 2.45) is 0 Å². The van der Waals surface area contributed by atoms with Gasteiger partial charge in [0, 0.05) is 29.4 Å². The minimum absolute atomic E-state index is 0.131. The molecule has 0 saturated carbocycles. The van der Waals surface area contributed by atoms with E-state index in [1.54, 1.807) is 12.1 Å². The maximum absolute atomic E-state index is 10.6. The molecule has 0 bridgehead atoms. The van der Waals surface area contributed by atoms with Gasteiger partial charge in [-0.3, -0.25) is 13.2 Å². The van der Waals surface area contributed by atoms with E-state index in [9.17, 15) is 10.1 Å². The van der Waals surface area contributed by atoms with Gasteiger partial charge in [-0.05, 0) is 19.4 Å². The highest BCUT2D eigenvalue weighted by molar-refractivity contribution is 14.1. The summed E-state index contributed by atoms with van der Waals surface area (Å²) in [4.78, 5) is 10.2. The van der Waals surface area contributed by atoms with Gasteiger partial charge in [-0.25, -0.2) is 0 Å². The molecule has 0 radical (unpaired) electrons. The number of allylic oxidation sites excluding steroid dienone is 4. The van der Waals surface area contributed by atoms with E-state index in [4.69, 9.17) is 0 Å². The van der Waals surface area contributed by atoms with Crippen LogP contribution < -0.4 is 0 Å². The van der Waals surface area contributed by atoms with Crippen LogP contribution in [0.25, 0.3) is 0 Å². The molecular formula is C13H13IN2O2. The van der Waals surface area contributed by atoms with E-state index in [-0.39, 0.29) is 16.5 Å². The van der Waals surface area contributed by atoms with Gasteiger partial charge < -0.3 is 0 Å². The fourth-order valence-electron chi connectivity index (χ4n) is 1.99. The number of rotatable bonds is 2. The van der Waals surface area contributed by atoms with Gasteiger partial charge in [0.05, 0.1) is 27.8 Å². The van der Waals surface area contributed by atoms with Gasteiger partial charge in [-0.15, -0.1) is 0 Å². The van der Waals surface area contributed by atoms with Crippen molar-refractivity contribution in [1.29, 1.82) is 0 Å². The average Bonchev–Trinajstić information content (AvgIpc) is 2.35. The first kappa shape index (κ1) is 13.1. The molecule has 2 rings (SSSR count). The molecule has 1 aromatic rings. The zero-order chi connectivity index (χ0) is 13.3. The monoisotopic (exact) mass is 356 g/mol. The molecule has 1 heterocycles. The van der Waals surface area contributed by atoms with Crippen molar-refractivity contribution < 1.29 is 4.92 Å². The fraction of sp³-hybridized carbons (Fsp3) is 0.231. The average molecular weight is 356 g/mol. The van der Waals surface area contributed by atoms with E-state index in [0.717, 1.165) is 5.56 Å². The third kappa shape index (κ3) is 2.55. The van der Waals surface area contributed by atoms with E-state index >= 15 is 0 Å². The summed E-state index contributed by atoms with van der Waals surface area (Å²) in [5.74, 6) is 0.192. The smallest absolute Gasteiger partial charge is 0.269 e. The second-order valence-corrected chi connectivity index (χ2v) is 5.24. The summed E-state index contributed by atoms with van der Waals surface area (Å²) in [5, 5.41) is 10.6. The van der Waals surface area contributed by atoms with Crippen LogP contribution in [0, 0.1) is 10.1 Å². The second kappa shape index (κ2) is 5.09. The summed E-state index contributed by atoms with van der Waals surface area (Å²) >= 11 is 2.26. The minimum atomic E-state index is -0.376. The lowest BCUT2D eigenvalue weighted by Gasteiger charge is -2.25. The molecule has 0 N–H and O–H groups in total. The quantitative estimate of drug-likeness (QED) is 0.346. The van der Waals surface area contributed by atoms with Crippen LogP contribution in [0.3, 0.4) is 0 Å². The lowest BCUT2D eigenvalue weighted by Crippen LogP contribution is -2.13. The Labute approximate surface area is 120 Å². The Kier molecular flexibility index (Phi) is 3.70. The Morgan fingerprint density at radius 3 is 2.11 bits per heavy atom. The number of halogens is 1. The molecule has 0 fully saturated rings. The predicted octanol–water partition coefficient (Wildman–Crippen LogP) is 4.15. The van der Waals surface area contributed by atoms with Crippen molar-refractivity contribution in [3.63, 3.8) is 0 Å². The van der Waals surface area contributed by atoms with Crippen molar-refractivity contribution in [1.82, 2.24) is 3.11 Å². The topological polar surface area (TPSA) is 46.4 Å². The lowest BCUT2D eigenvalue weighted by atomic mass is 9.95. The molecule has 94 valence electrons. The second-order valence-electron chi connectivity index (χ2n) is 4.27. The first-order valence-electron chi connectivity index (χ1n) is 5.56. The molecule has 1 aliphatic rings. The summed E-state index contributed by atoms with van der Waals surface area (Å²) in [6.45, 7) is 4.11. The van der Waals surface area contributed by atoms with E-state index < -0.39 is 0 Å². The Balaban J connectivity index is 2.30. The van der Waals surface area contributed by atoms with Crippen molar-refractivity contribution in [2.45, 2.75) is 19.8 Å². The molecule has 0 spiro atoms. The maximum Gasteiger partial charge on any atom is 0.269 e. The maximum atomic E-state index is 10.6. The third-order valence-electron chi connectivity index (χ3n) is 2.95. The SMILES string of the molecule is CC1=CC(c2ccc([N+](=O)[O-])cc2)C=C(C)N1I. The number of hydrogen-bond acceptors (Lipinski definition) is 3. The molecular weight excluding hydrogens is 343 g/mol. The fourth-order valence-corrected chi connectivity index (χ4v) is 2.31. The van der Waals surface area contributed by atoms with Crippen LogP contribution >= 0.6 is 22.9 Å². The van der Waals surface area contributed by atoms with Crippen LogP contribution in [0.15, 0.2) is 47.8 Å². The van der Waals surface area contributed by atoms with Crippen molar-refractivity contribution >= 4 is 28.6 Å². The molecule has 4 nitrogen and oxygen atoms in total. The van der Waals surface area contributed by atoms with Gasteiger partial charge in [0.1, 0.15) is 0 Å². The van der Waals surface area contributed by atoms with Gasteiger partial charge in [-0.2, -0.15) is 0 Å². The molecule has 18 heavy (non-hydrogen) atoms. The van der Waals surface area contributed by atoms with Gasteiger partial charge in [0.15, 0.2) is 0 Å². The summed E-state index contributed by atoms with van der Waals surface area (Å²) < 4.78 is 2.10. The minimum Gasteiger partial charge on any atom is -0.292 e. The molecule has 1 aliphatic heterocycles. The molecule has 0 aromatic heterocycles. The molecule has 0 saturated heterocycles. The summed E-state index contributed by atoms with van der Waals surface area (Å²) in [7, 11) is 0. The Morgan fingerprint density at radius 2 is 1.67 bits per heavy atom. The molecule has 1 aromatic carbocycles. The lowest BCUT2D eigenvalue weighted by molar-refractivity contribution is -0.384. The van der Waals surface area contributed by atoms with Crippen LogP contribution in [0.1, 0.15) is 25.3 Å². The van der Waals surface area contributed by atoms with E-state index in [1.807, 2.05) is 12.1 Å². The highest BCUT2D eigenvalue weighted by atomic mass is 127. The van der Waals surface area contributed by atoms with Crippen molar-refractivity contribution in [3.8, 4) is 0 Å². The van der Waals surface area contributed by atoms with E-state index in [1.165, 1.54) is 11.4 Å². The van der Waals surface area contributed by atoms with Crippen LogP contribution in [0.5, 0.6) is 0 Å². The summed E-state index contributed by atoms with van der Waals surface area (Å²) in [6.07, 6.45) is 4.31. The van der Waals surface area contributed by atoms with Crippen molar-refractivity contribution in [2.75, 3.05) is 0 Å². The number of hydrogen-bond donors (Lipinski definition) is 0. The van der Waals surface area contributed by atoms with Crippen LogP contribution in [-0.2, 0) is 0 Å². The molecule has 0 atom stereocenters. The molecule has 0 aliphatic carbocycles. The third-order valence-corrected chi connectivity index (χ3v) is 4.47. The van der Waals surface area contributed by atoms with Gasteiger partial charge >= 0.3 is 0 Å². The van der Waals surface area contributed by atoms with E-state index in [2.05, 4.69) is 52.0 Å². The van der Waals surface area contributed by atoms with E-state index in [0.29, 0.717) is 0 Å². The predicted molar refractivity (Wildman–Crippen MR) is 79.2 cm³/mol. The van der Waals surface area contributed by atoms with Crippen LogP contribution in [-0.4, -0.2) is 8.04 Å². The van der Waals surface area contributed by atoms with Gasteiger partial charge in [-0.1, -0.05) is 24.3 Å². The molecule has 0 unspecified atom stereocenters. The Bertz CT molecular complexity index is 514. The number of nitro groups is 1. The summed E-state index contributed by atoms with van der Waals surface area (Å²) in [6, 6.07) is 6.74. The number of benzene rings is 1. The first-order chi connectivity index (χ1) is 8.49. The Morgan fingerprint density at radius 1 is 1.17 bits per heavy atom. The van der Waals surface area contributed by atoms with Crippen LogP contribution in [0.4, 0.5) is 5.69 Å². The molecule has 0 amide bonds. The van der Waals surface area contributed by atoms with Gasteiger partial charge in [0.2, 0.25) is 0 Å². The number of nitrogens with zero attached hydrogens (tertiary/aromatic N) is 2. The van der Waals surface area contributed by atoms with Gasteiger partial charge in [0.25, 0.3) is 5.69 Å². The largest absolute Gasteiger partial charge is 0.292 e. The van der Waals surface area contributed by atoms with Crippen LogP contribution in [0.2, 0.25) is 0 Å². The standard InChI is InChI=1S/C13H13IN2O2/c1-9-7-12(8-10(2)15(9)14)11-3-5-13(6-4-11)16(17)18/h3-8,12H,1-2H3. The molecule has 5 heteroatoms. The number of nitro benzene ring substituents is 1. The van der Waals surface area contributed by atoms with Crippen molar-refractivity contribution in [3.05, 3.63) is 63.5 Å². The zero-order valence-corrected chi connectivity index (χ0v) is 12.3. The summed E-state index contributed by atoms with van der Waals surface area (Å²) in [5.41, 5.74) is 3.56. The highest BCUT2D eigenvalue weighted by Crippen LogP contribution is 2.32. The highest BCUT2D eigenvalue weighted by Gasteiger charge is 2.17. The number of non-ortho nitro benzene ring substituents is 1.